The molecule has 0 radical (unpaired) electrons. The van der Waals surface area contributed by atoms with E-state index in [1.807, 2.05) is 0 Å². The van der Waals surface area contributed by atoms with E-state index in [1.165, 1.54) is 43.5 Å². The molecule has 3 aromatic rings. The molecule has 0 fully saturated rings. The van der Waals surface area contributed by atoms with Gasteiger partial charge in [0.2, 0.25) is 5.91 Å². The molecule has 2 aromatic carbocycles. The van der Waals surface area contributed by atoms with Crippen molar-refractivity contribution in [2.45, 2.75) is 13.0 Å². The number of amides is 1. The normalized spacial score (nSPS) is 11.6. The van der Waals surface area contributed by atoms with Gasteiger partial charge in [0.25, 0.3) is 5.56 Å². The lowest BCUT2D eigenvalue weighted by atomic mass is 10.1. The summed E-state index contributed by atoms with van der Waals surface area (Å²) in [5.41, 5.74) is 1.41. The molecular weight excluding hydrogens is 377 g/mol. The molecule has 0 aliphatic heterocycles. The molecule has 0 saturated heterocycles. The van der Waals surface area contributed by atoms with Crippen molar-refractivity contribution in [1.29, 1.82) is 0 Å². The number of esters is 1. The van der Waals surface area contributed by atoms with Crippen LogP contribution in [0, 0.1) is 5.82 Å². The standard InChI is InChI=1S/C21H18FN3O4/c1-13(20(27)23-17-9-5-15(6-10-17)21(28)29-2)25-19(26)12-11-18(24-25)14-3-7-16(22)8-4-14/h3-13H,1-2H3,(H,23,27). The second kappa shape index (κ2) is 8.47. The molecule has 0 bridgehead atoms. The van der Waals surface area contributed by atoms with Gasteiger partial charge in [-0.15, -0.1) is 0 Å². The summed E-state index contributed by atoms with van der Waals surface area (Å²) in [6, 6.07) is 13.7. The van der Waals surface area contributed by atoms with Crippen LogP contribution in [0.4, 0.5) is 10.1 Å². The topological polar surface area (TPSA) is 90.3 Å². The second-order valence-corrected chi connectivity index (χ2v) is 6.24. The quantitative estimate of drug-likeness (QED) is 0.671. The molecule has 29 heavy (non-hydrogen) atoms. The molecule has 148 valence electrons. The van der Waals surface area contributed by atoms with Crippen LogP contribution in [-0.2, 0) is 9.53 Å². The molecule has 0 aliphatic rings. The smallest absolute Gasteiger partial charge is 0.337 e. The summed E-state index contributed by atoms with van der Waals surface area (Å²) in [5.74, 6) is -1.32. The lowest BCUT2D eigenvalue weighted by molar-refractivity contribution is -0.119. The molecule has 1 N–H and O–H groups in total. The number of rotatable bonds is 5. The Morgan fingerprint density at radius 2 is 1.69 bits per heavy atom. The summed E-state index contributed by atoms with van der Waals surface area (Å²) in [5, 5.41) is 6.92. The monoisotopic (exact) mass is 395 g/mol. The van der Waals surface area contributed by atoms with Crippen molar-refractivity contribution in [2.24, 2.45) is 0 Å². The lowest BCUT2D eigenvalue weighted by Crippen LogP contribution is -2.33. The zero-order chi connectivity index (χ0) is 21.0. The van der Waals surface area contributed by atoms with E-state index in [9.17, 15) is 18.8 Å². The number of ether oxygens (including phenoxy) is 1. The average molecular weight is 395 g/mol. The van der Waals surface area contributed by atoms with E-state index >= 15 is 0 Å². The third-order valence-electron chi connectivity index (χ3n) is 4.28. The summed E-state index contributed by atoms with van der Waals surface area (Å²) in [4.78, 5) is 36.3. The third-order valence-corrected chi connectivity index (χ3v) is 4.28. The van der Waals surface area contributed by atoms with E-state index in [0.717, 1.165) is 4.68 Å². The maximum Gasteiger partial charge on any atom is 0.337 e. The number of carbonyl (C=O) groups is 2. The molecule has 0 spiro atoms. The van der Waals surface area contributed by atoms with Crippen molar-refractivity contribution in [2.75, 3.05) is 12.4 Å². The second-order valence-electron chi connectivity index (χ2n) is 6.24. The Balaban J connectivity index is 1.80. The molecule has 1 atom stereocenters. The molecule has 8 heteroatoms. The van der Waals surface area contributed by atoms with E-state index in [4.69, 9.17) is 0 Å². The first-order valence-corrected chi connectivity index (χ1v) is 8.74. The van der Waals surface area contributed by atoms with E-state index < -0.39 is 23.5 Å². The number of nitrogens with zero attached hydrogens (tertiary/aromatic N) is 2. The molecule has 1 aromatic heterocycles. The van der Waals surface area contributed by atoms with Gasteiger partial charge in [0.05, 0.1) is 18.4 Å². The Labute approximate surface area is 165 Å². The van der Waals surface area contributed by atoms with E-state index in [1.54, 1.807) is 31.2 Å². The average Bonchev–Trinajstić information content (AvgIpc) is 2.74. The number of anilines is 1. The molecule has 1 unspecified atom stereocenters. The molecular formula is C21H18FN3O4. The summed E-state index contributed by atoms with van der Waals surface area (Å²) in [6.45, 7) is 1.54. The van der Waals surface area contributed by atoms with Crippen LogP contribution in [0.3, 0.4) is 0 Å². The number of methoxy groups -OCH3 is 1. The van der Waals surface area contributed by atoms with Crippen molar-refractivity contribution in [3.8, 4) is 11.3 Å². The number of nitrogens with one attached hydrogen (secondary N) is 1. The Bertz CT molecular complexity index is 1090. The van der Waals surface area contributed by atoms with Gasteiger partial charge in [0.15, 0.2) is 0 Å². The molecule has 1 amide bonds. The van der Waals surface area contributed by atoms with Gasteiger partial charge < -0.3 is 10.1 Å². The fourth-order valence-electron chi connectivity index (χ4n) is 2.64. The van der Waals surface area contributed by atoms with Crippen LogP contribution in [0.25, 0.3) is 11.3 Å². The Kier molecular flexibility index (Phi) is 5.82. The van der Waals surface area contributed by atoms with Crippen molar-refractivity contribution in [3.05, 3.63) is 82.4 Å². The number of halogens is 1. The minimum Gasteiger partial charge on any atom is -0.465 e. The largest absolute Gasteiger partial charge is 0.465 e. The molecule has 3 rings (SSSR count). The summed E-state index contributed by atoms with van der Waals surface area (Å²) in [7, 11) is 1.28. The predicted octanol–water partition coefficient (Wildman–Crippen LogP) is 3.04. The van der Waals surface area contributed by atoms with Crippen LogP contribution in [0.1, 0.15) is 23.3 Å². The first kappa shape index (κ1) is 19.9. The minimum absolute atomic E-state index is 0.350. The fraction of sp³-hybridized carbons (Fsp3) is 0.143. The van der Waals surface area contributed by atoms with Gasteiger partial charge in [0.1, 0.15) is 11.9 Å². The van der Waals surface area contributed by atoms with Crippen molar-refractivity contribution in [3.63, 3.8) is 0 Å². The van der Waals surface area contributed by atoms with Crippen LogP contribution < -0.4 is 10.9 Å². The SMILES string of the molecule is COC(=O)c1ccc(NC(=O)C(C)n2nc(-c3ccc(F)cc3)ccc2=O)cc1. The highest BCUT2D eigenvalue weighted by Gasteiger charge is 2.18. The van der Waals surface area contributed by atoms with Crippen molar-refractivity contribution >= 4 is 17.6 Å². The number of aromatic nitrogens is 2. The minimum atomic E-state index is -0.900. The Morgan fingerprint density at radius 1 is 1.03 bits per heavy atom. The maximum atomic E-state index is 13.1. The Morgan fingerprint density at radius 3 is 2.31 bits per heavy atom. The van der Waals surface area contributed by atoms with E-state index in [2.05, 4.69) is 15.2 Å². The third kappa shape index (κ3) is 4.55. The highest BCUT2D eigenvalue weighted by atomic mass is 19.1. The summed E-state index contributed by atoms with van der Waals surface area (Å²) < 4.78 is 18.8. The van der Waals surface area contributed by atoms with Crippen LogP contribution in [0.5, 0.6) is 0 Å². The van der Waals surface area contributed by atoms with E-state index in [0.29, 0.717) is 22.5 Å². The number of carbonyl (C=O) groups excluding carboxylic acids is 2. The highest BCUT2D eigenvalue weighted by molar-refractivity contribution is 5.94. The van der Waals surface area contributed by atoms with Crippen LogP contribution in [-0.4, -0.2) is 28.8 Å². The fourth-order valence-corrected chi connectivity index (χ4v) is 2.64. The summed E-state index contributed by atoms with van der Waals surface area (Å²) in [6.07, 6.45) is 0. The number of hydrogen-bond acceptors (Lipinski definition) is 5. The predicted molar refractivity (Wildman–Crippen MR) is 105 cm³/mol. The molecule has 1 heterocycles. The first-order chi connectivity index (χ1) is 13.9. The van der Waals surface area contributed by atoms with Gasteiger partial charge >= 0.3 is 5.97 Å². The van der Waals surface area contributed by atoms with Gasteiger partial charge in [-0.3, -0.25) is 9.59 Å². The highest BCUT2D eigenvalue weighted by Crippen LogP contribution is 2.17. The van der Waals surface area contributed by atoms with Crippen LogP contribution in [0.15, 0.2) is 65.5 Å². The van der Waals surface area contributed by atoms with Crippen molar-refractivity contribution < 1.29 is 18.7 Å². The molecule has 0 saturated carbocycles. The van der Waals surface area contributed by atoms with Gasteiger partial charge in [-0.25, -0.2) is 13.9 Å². The first-order valence-electron chi connectivity index (χ1n) is 8.74. The Hall–Kier alpha value is -3.81. The van der Waals surface area contributed by atoms with E-state index in [-0.39, 0.29) is 5.82 Å². The molecule has 7 nitrogen and oxygen atoms in total. The number of benzene rings is 2. The number of hydrogen-bond donors (Lipinski definition) is 1. The van der Waals surface area contributed by atoms with Gasteiger partial charge in [-0.2, -0.15) is 5.10 Å². The maximum absolute atomic E-state index is 13.1. The zero-order valence-electron chi connectivity index (χ0n) is 15.8. The van der Waals surface area contributed by atoms with Crippen molar-refractivity contribution in [1.82, 2.24) is 9.78 Å². The van der Waals surface area contributed by atoms with Crippen LogP contribution in [0.2, 0.25) is 0 Å². The van der Waals surface area contributed by atoms with Gasteiger partial charge in [0, 0.05) is 17.3 Å². The van der Waals surface area contributed by atoms with Crippen LogP contribution >= 0.6 is 0 Å². The molecule has 0 aliphatic carbocycles. The zero-order valence-corrected chi connectivity index (χ0v) is 15.8. The summed E-state index contributed by atoms with van der Waals surface area (Å²) >= 11 is 0. The van der Waals surface area contributed by atoms with Gasteiger partial charge in [-0.1, -0.05) is 0 Å². The lowest BCUT2D eigenvalue weighted by Gasteiger charge is -2.15. The van der Waals surface area contributed by atoms with Gasteiger partial charge in [-0.05, 0) is 61.5 Å².